The van der Waals surface area contributed by atoms with E-state index in [2.05, 4.69) is 26.8 Å². The Balaban J connectivity index is 1.78. The average Bonchev–Trinajstić information content (AvgIpc) is 2.98. The van der Waals surface area contributed by atoms with Gasteiger partial charge in [-0.15, -0.1) is 0 Å². The van der Waals surface area contributed by atoms with Gasteiger partial charge in [-0.05, 0) is 32.0 Å². The molecular weight excluding hydrogens is 226 g/mol. The lowest BCUT2D eigenvalue weighted by atomic mass is 10.3. The van der Waals surface area contributed by atoms with E-state index in [-0.39, 0.29) is 0 Å². The van der Waals surface area contributed by atoms with Crippen LogP contribution in [0.1, 0.15) is 18.4 Å². The van der Waals surface area contributed by atoms with Crippen molar-refractivity contribution in [2.75, 3.05) is 25.4 Å². The number of rotatable bonds is 1. The maximum Gasteiger partial charge on any atom is 0.151 e. The third kappa shape index (κ3) is 2.15. The molecule has 5 heteroatoms. The zero-order chi connectivity index (χ0) is 12.4. The van der Waals surface area contributed by atoms with Gasteiger partial charge in [0.1, 0.15) is 11.8 Å². The molecule has 1 fully saturated rings. The van der Waals surface area contributed by atoms with E-state index in [1.54, 1.807) is 4.52 Å². The second-order valence-electron chi connectivity index (χ2n) is 4.49. The second kappa shape index (κ2) is 4.67. The number of hydrogen-bond acceptors (Lipinski definition) is 4. The van der Waals surface area contributed by atoms with Gasteiger partial charge in [-0.3, -0.25) is 4.90 Å². The van der Waals surface area contributed by atoms with Gasteiger partial charge in [0, 0.05) is 11.8 Å². The molecular formula is C13H15N5. The number of nitrogens with two attached hydrogens (primary N) is 1. The first kappa shape index (κ1) is 11.1. The summed E-state index contributed by atoms with van der Waals surface area (Å²) in [6.45, 7) is 3.18. The summed E-state index contributed by atoms with van der Waals surface area (Å²) in [5.74, 6) is 6.83. The summed E-state index contributed by atoms with van der Waals surface area (Å²) in [7, 11) is 0. The molecule has 0 unspecified atom stereocenters. The van der Waals surface area contributed by atoms with Gasteiger partial charge < -0.3 is 5.73 Å². The van der Waals surface area contributed by atoms with Gasteiger partial charge >= 0.3 is 0 Å². The van der Waals surface area contributed by atoms with Crippen LogP contribution in [0, 0.1) is 11.8 Å². The van der Waals surface area contributed by atoms with E-state index in [1.165, 1.54) is 32.3 Å². The first-order valence-electron chi connectivity index (χ1n) is 6.13. The summed E-state index contributed by atoms with van der Waals surface area (Å²) in [5, 5.41) is 4.10. The van der Waals surface area contributed by atoms with Crippen LogP contribution in [0.25, 0.3) is 5.52 Å². The minimum atomic E-state index is 0.484. The van der Waals surface area contributed by atoms with Gasteiger partial charge in [-0.1, -0.05) is 11.8 Å². The molecule has 1 saturated heterocycles. The van der Waals surface area contributed by atoms with Crippen molar-refractivity contribution in [2.45, 2.75) is 12.8 Å². The van der Waals surface area contributed by atoms with E-state index in [1.807, 2.05) is 12.3 Å². The number of fused-ring (bicyclic) bond motifs is 1. The van der Waals surface area contributed by atoms with Crippen LogP contribution >= 0.6 is 0 Å². The van der Waals surface area contributed by atoms with Crippen molar-refractivity contribution in [3.05, 3.63) is 24.2 Å². The van der Waals surface area contributed by atoms with Crippen molar-refractivity contribution in [3.63, 3.8) is 0 Å². The van der Waals surface area contributed by atoms with E-state index in [9.17, 15) is 0 Å². The van der Waals surface area contributed by atoms with Gasteiger partial charge in [0.15, 0.2) is 5.82 Å². The Morgan fingerprint density at radius 1 is 1.33 bits per heavy atom. The normalized spacial score (nSPS) is 15.8. The number of anilines is 1. The van der Waals surface area contributed by atoms with E-state index in [0.29, 0.717) is 5.82 Å². The van der Waals surface area contributed by atoms with Crippen molar-refractivity contribution < 1.29 is 0 Å². The Morgan fingerprint density at radius 3 is 2.94 bits per heavy atom. The predicted octanol–water partition coefficient (Wildman–Crippen LogP) is 0.759. The molecule has 92 valence electrons. The summed E-state index contributed by atoms with van der Waals surface area (Å²) in [6.07, 6.45) is 5.92. The molecule has 0 radical (unpaired) electrons. The molecule has 3 rings (SSSR count). The largest absolute Gasteiger partial charge is 0.382 e. The van der Waals surface area contributed by atoms with Crippen molar-refractivity contribution in [1.29, 1.82) is 0 Å². The zero-order valence-electron chi connectivity index (χ0n) is 10.1. The van der Waals surface area contributed by atoms with Gasteiger partial charge in [0.25, 0.3) is 0 Å². The predicted molar refractivity (Wildman–Crippen MR) is 70.0 cm³/mol. The average molecular weight is 241 g/mol. The van der Waals surface area contributed by atoms with Gasteiger partial charge in [-0.25, -0.2) is 9.50 Å². The fourth-order valence-corrected chi connectivity index (χ4v) is 2.21. The minimum Gasteiger partial charge on any atom is -0.382 e. The first-order chi connectivity index (χ1) is 8.83. The van der Waals surface area contributed by atoms with Crippen molar-refractivity contribution in [3.8, 4) is 11.8 Å². The molecule has 2 N–H and O–H groups in total. The van der Waals surface area contributed by atoms with Gasteiger partial charge in [-0.2, -0.15) is 5.10 Å². The highest BCUT2D eigenvalue weighted by Crippen LogP contribution is 2.12. The quantitative estimate of drug-likeness (QED) is 0.749. The fourth-order valence-electron chi connectivity index (χ4n) is 2.21. The molecule has 3 heterocycles. The maximum absolute atomic E-state index is 5.77. The molecule has 0 saturated carbocycles. The number of aromatic nitrogens is 3. The third-order valence-corrected chi connectivity index (χ3v) is 3.17. The molecule has 0 amide bonds. The number of likely N-dealkylation sites (tertiary alicyclic amines) is 1. The zero-order valence-corrected chi connectivity index (χ0v) is 10.1. The molecule has 0 spiro atoms. The van der Waals surface area contributed by atoms with Crippen LogP contribution in [0.2, 0.25) is 0 Å². The summed E-state index contributed by atoms with van der Waals surface area (Å²) in [5.41, 5.74) is 7.51. The van der Waals surface area contributed by atoms with Crippen LogP contribution in [-0.2, 0) is 0 Å². The molecule has 18 heavy (non-hydrogen) atoms. The van der Waals surface area contributed by atoms with Crippen LogP contribution in [0.5, 0.6) is 0 Å². The molecule has 5 nitrogen and oxygen atoms in total. The lowest BCUT2D eigenvalue weighted by Gasteiger charge is -2.08. The van der Waals surface area contributed by atoms with E-state index < -0.39 is 0 Å². The molecule has 1 aliphatic rings. The van der Waals surface area contributed by atoms with Crippen molar-refractivity contribution >= 4 is 11.3 Å². The molecule has 2 aromatic rings. The smallest absolute Gasteiger partial charge is 0.151 e. The van der Waals surface area contributed by atoms with Gasteiger partial charge in [0.2, 0.25) is 0 Å². The van der Waals surface area contributed by atoms with E-state index >= 15 is 0 Å². The Hall–Kier alpha value is -2.06. The standard InChI is InChI=1S/C13H15N5/c14-13-12-8-11(9-18(12)16-10-15-13)4-3-7-17-5-1-2-6-17/h8-10H,1-2,5-7H2,(H2,14,15,16). The highest BCUT2D eigenvalue weighted by Gasteiger charge is 2.08. The minimum absolute atomic E-state index is 0.484. The number of nitrogens with zero attached hydrogens (tertiary/aromatic N) is 4. The Morgan fingerprint density at radius 2 is 2.17 bits per heavy atom. The number of nitrogen functional groups attached to an aromatic ring is 1. The van der Waals surface area contributed by atoms with Crippen molar-refractivity contribution in [2.24, 2.45) is 0 Å². The molecule has 0 aliphatic carbocycles. The molecule has 0 atom stereocenters. The Bertz CT molecular complexity index is 613. The van der Waals surface area contributed by atoms with E-state index in [0.717, 1.165) is 17.6 Å². The van der Waals surface area contributed by atoms with Crippen molar-refractivity contribution in [1.82, 2.24) is 19.5 Å². The lowest BCUT2D eigenvalue weighted by molar-refractivity contribution is 0.383. The summed E-state index contributed by atoms with van der Waals surface area (Å²) in [6, 6.07) is 1.92. The topological polar surface area (TPSA) is 59.4 Å². The molecule has 0 bridgehead atoms. The Labute approximate surface area is 106 Å². The lowest BCUT2D eigenvalue weighted by Crippen LogP contribution is -2.18. The van der Waals surface area contributed by atoms with Crippen LogP contribution in [0.3, 0.4) is 0 Å². The summed E-state index contributed by atoms with van der Waals surface area (Å²) in [4.78, 5) is 6.33. The SMILES string of the molecule is Nc1ncnn2cc(C#CCN3CCCC3)cc12. The summed E-state index contributed by atoms with van der Waals surface area (Å²) < 4.78 is 1.71. The monoisotopic (exact) mass is 241 g/mol. The number of hydrogen-bond donors (Lipinski definition) is 1. The van der Waals surface area contributed by atoms with Crippen LogP contribution < -0.4 is 5.73 Å². The van der Waals surface area contributed by atoms with Gasteiger partial charge in [0.05, 0.1) is 6.54 Å². The third-order valence-electron chi connectivity index (χ3n) is 3.17. The maximum atomic E-state index is 5.77. The first-order valence-corrected chi connectivity index (χ1v) is 6.13. The molecule has 2 aromatic heterocycles. The second-order valence-corrected chi connectivity index (χ2v) is 4.49. The van der Waals surface area contributed by atoms with E-state index in [4.69, 9.17) is 5.73 Å². The highest BCUT2D eigenvalue weighted by molar-refractivity contribution is 5.67. The molecule has 0 aromatic carbocycles. The fraction of sp³-hybridized carbons (Fsp3) is 0.385. The Kier molecular flexibility index (Phi) is 2.87. The highest BCUT2D eigenvalue weighted by atomic mass is 15.2. The van der Waals surface area contributed by atoms with Crippen LogP contribution in [0.15, 0.2) is 18.6 Å². The van der Waals surface area contributed by atoms with Crippen LogP contribution in [-0.4, -0.2) is 39.1 Å². The molecule has 1 aliphatic heterocycles. The summed E-state index contributed by atoms with van der Waals surface area (Å²) >= 11 is 0. The van der Waals surface area contributed by atoms with Crippen LogP contribution in [0.4, 0.5) is 5.82 Å².